The molecule has 0 fully saturated rings. The lowest BCUT2D eigenvalue weighted by Gasteiger charge is -2.14. The Morgan fingerprint density at radius 3 is 2.72 bits per heavy atom. The number of carbonyl (C=O) groups excluding carboxylic acids is 1. The highest BCUT2D eigenvalue weighted by Crippen LogP contribution is 2.19. The summed E-state index contributed by atoms with van der Waals surface area (Å²) in [7, 11) is 0. The van der Waals surface area contributed by atoms with Crippen LogP contribution in [0.25, 0.3) is 0 Å². The molecule has 0 aliphatic carbocycles. The highest BCUT2D eigenvalue weighted by atomic mass is 32.1. The van der Waals surface area contributed by atoms with Gasteiger partial charge in [-0.3, -0.25) is 0 Å². The summed E-state index contributed by atoms with van der Waals surface area (Å²) in [6.45, 7) is 5.51. The number of carbonyl (C=O) groups is 1. The summed E-state index contributed by atoms with van der Waals surface area (Å²) in [5.41, 5.74) is 0. The van der Waals surface area contributed by atoms with Crippen molar-refractivity contribution in [1.82, 2.24) is 10.6 Å². The second-order valence-electron chi connectivity index (χ2n) is 4.62. The first-order valence-electron chi connectivity index (χ1n) is 6.29. The molecule has 0 saturated carbocycles. The van der Waals surface area contributed by atoms with Crippen molar-refractivity contribution in [1.29, 1.82) is 0 Å². The Labute approximate surface area is 112 Å². The molecule has 1 aromatic heterocycles. The standard InChI is InChI=1S/C13H22N2O2S/c1-10(5-6-16)8-14-13(17)15-9-11(2)12-4-3-7-18-12/h3-4,7,10-11,16H,5-6,8-9H2,1-2H3,(H2,14,15,17). The van der Waals surface area contributed by atoms with E-state index in [4.69, 9.17) is 5.11 Å². The number of aliphatic hydroxyl groups is 1. The molecule has 102 valence electrons. The van der Waals surface area contributed by atoms with E-state index >= 15 is 0 Å². The van der Waals surface area contributed by atoms with Crippen molar-refractivity contribution in [2.45, 2.75) is 26.2 Å². The van der Waals surface area contributed by atoms with E-state index in [0.29, 0.717) is 31.3 Å². The lowest BCUT2D eigenvalue weighted by Crippen LogP contribution is -2.39. The van der Waals surface area contributed by atoms with Gasteiger partial charge >= 0.3 is 6.03 Å². The Morgan fingerprint density at radius 2 is 2.11 bits per heavy atom. The van der Waals surface area contributed by atoms with Crippen LogP contribution in [0.15, 0.2) is 17.5 Å². The fraction of sp³-hybridized carbons (Fsp3) is 0.615. The summed E-state index contributed by atoms with van der Waals surface area (Å²) >= 11 is 1.71. The highest BCUT2D eigenvalue weighted by Gasteiger charge is 2.09. The maximum Gasteiger partial charge on any atom is 0.314 e. The van der Waals surface area contributed by atoms with Crippen LogP contribution in [0.2, 0.25) is 0 Å². The average Bonchev–Trinajstić information content (AvgIpc) is 2.87. The van der Waals surface area contributed by atoms with Gasteiger partial charge in [0.05, 0.1) is 0 Å². The van der Waals surface area contributed by atoms with Gasteiger partial charge in [0.2, 0.25) is 0 Å². The maximum atomic E-state index is 11.5. The Kier molecular flexibility index (Phi) is 6.75. The third kappa shape index (κ3) is 5.51. The number of amides is 2. The highest BCUT2D eigenvalue weighted by molar-refractivity contribution is 7.10. The van der Waals surface area contributed by atoms with Crippen molar-refractivity contribution >= 4 is 17.4 Å². The molecule has 18 heavy (non-hydrogen) atoms. The first-order chi connectivity index (χ1) is 8.63. The molecule has 1 rings (SSSR count). The quantitative estimate of drug-likeness (QED) is 0.711. The zero-order valence-corrected chi connectivity index (χ0v) is 11.8. The van der Waals surface area contributed by atoms with Crippen molar-refractivity contribution in [3.63, 3.8) is 0 Å². The zero-order chi connectivity index (χ0) is 13.4. The van der Waals surface area contributed by atoms with Crippen molar-refractivity contribution in [2.24, 2.45) is 5.92 Å². The van der Waals surface area contributed by atoms with Crippen molar-refractivity contribution < 1.29 is 9.90 Å². The molecule has 1 heterocycles. The summed E-state index contributed by atoms with van der Waals surface area (Å²) in [6, 6.07) is 3.97. The van der Waals surface area contributed by atoms with Crippen LogP contribution in [0, 0.1) is 5.92 Å². The number of nitrogens with one attached hydrogen (secondary N) is 2. The van der Waals surface area contributed by atoms with Gasteiger partial charge in [-0.25, -0.2) is 4.79 Å². The Hall–Kier alpha value is -1.07. The molecular formula is C13H22N2O2S. The molecule has 0 spiro atoms. The number of rotatable bonds is 7. The Balaban J connectivity index is 2.17. The number of urea groups is 1. The SMILES string of the molecule is CC(CCO)CNC(=O)NCC(C)c1cccs1. The number of hydrogen-bond donors (Lipinski definition) is 3. The van der Waals surface area contributed by atoms with E-state index in [1.165, 1.54) is 4.88 Å². The largest absolute Gasteiger partial charge is 0.396 e. The Bertz CT molecular complexity index is 341. The molecule has 5 heteroatoms. The predicted octanol–water partition coefficient (Wildman–Crippen LogP) is 2.17. The fourth-order valence-electron chi connectivity index (χ4n) is 1.57. The van der Waals surface area contributed by atoms with Crippen LogP contribution in [0.1, 0.15) is 31.1 Å². The lowest BCUT2D eigenvalue weighted by molar-refractivity contribution is 0.233. The number of aliphatic hydroxyl groups excluding tert-OH is 1. The third-order valence-electron chi connectivity index (χ3n) is 2.83. The van der Waals surface area contributed by atoms with Crippen LogP contribution >= 0.6 is 11.3 Å². The topological polar surface area (TPSA) is 61.4 Å². The lowest BCUT2D eigenvalue weighted by atomic mass is 10.1. The average molecular weight is 270 g/mol. The van der Waals surface area contributed by atoms with Crippen molar-refractivity contribution in [2.75, 3.05) is 19.7 Å². The second-order valence-corrected chi connectivity index (χ2v) is 5.60. The van der Waals surface area contributed by atoms with Gasteiger partial charge in [0.1, 0.15) is 0 Å². The molecule has 2 amide bonds. The first kappa shape index (κ1) is 15.0. The Morgan fingerprint density at radius 1 is 1.39 bits per heavy atom. The van der Waals surface area contributed by atoms with Crippen LogP contribution in [0.4, 0.5) is 4.79 Å². The molecule has 0 saturated heterocycles. The van der Waals surface area contributed by atoms with E-state index in [-0.39, 0.29) is 12.6 Å². The molecule has 0 radical (unpaired) electrons. The maximum absolute atomic E-state index is 11.5. The van der Waals surface area contributed by atoms with Crippen LogP contribution in [0.3, 0.4) is 0 Å². The molecule has 1 aromatic rings. The third-order valence-corrected chi connectivity index (χ3v) is 3.93. The fourth-order valence-corrected chi connectivity index (χ4v) is 2.36. The normalized spacial score (nSPS) is 13.9. The number of thiophene rings is 1. The van der Waals surface area contributed by atoms with Crippen LogP contribution in [0.5, 0.6) is 0 Å². The van der Waals surface area contributed by atoms with Crippen molar-refractivity contribution in [3.05, 3.63) is 22.4 Å². The predicted molar refractivity (Wildman–Crippen MR) is 75.0 cm³/mol. The van der Waals surface area contributed by atoms with Gasteiger partial charge in [0, 0.05) is 30.5 Å². The molecular weight excluding hydrogens is 248 g/mol. The smallest absolute Gasteiger partial charge is 0.314 e. The summed E-state index contributed by atoms with van der Waals surface area (Å²) in [4.78, 5) is 12.8. The van der Waals surface area contributed by atoms with E-state index in [9.17, 15) is 4.79 Å². The summed E-state index contributed by atoms with van der Waals surface area (Å²) in [5.74, 6) is 0.640. The van der Waals surface area contributed by atoms with Gasteiger partial charge in [-0.2, -0.15) is 0 Å². The molecule has 2 unspecified atom stereocenters. The second kappa shape index (κ2) is 8.11. The molecule has 2 atom stereocenters. The summed E-state index contributed by atoms with van der Waals surface area (Å²) < 4.78 is 0. The number of hydrogen-bond acceptors (Lipinski definition) is 3. The van der Waals surface area contributed by atoms with E-state index in [1.807, 2.05) is 18.4 Å². The van der Waals surface area contributed by atoms with Gasteiger partial charge in [-0.05, 0) is 23.8 Å². The molecule has 0 aromatic carbocycles. The van der Waals surface area contributed by atoms with Gasteiger partial charge in [-0.15, -0.1) is 11.3 Å². The monoisotopic (exact) mass is 270 g/mol. The summed E-state index contributed by atoms with van der Waals surface area (Å²) in [5, 5.41) is 16.5. The van der Waals surface area contributed by atoms with E-state index in [1.54, 1.807) is 11.3 Å². The van der Waals surface area contributed by atoms with Gasteiger partial charge < -0.3 is 15.7 Å². The first-order valence-corrected chi connectivity index (χ1v) is 7.17. The molecule has 3 N–H and O–H groups in total. The zero-order valence-electron chi connectivity index (χ0n) is 11.0. The van der Waals surface area contributed by atoms with Gasteiger partial charge in [0.15, 0.2) is 0 Å². The van der Waals surface area contributed by atoms with E-state index in [2.05, 4.69) is 23.6 Å². The van der Waals surface area contributed by atoms with Crippen LogP contribution in [-0.4, -0.2) is 30.8 Å². The summed E-state index contributed by atoms with van der Waals surface area (Å²) in [6.07, 6.45) is 0.714. The molecule has 0 aliphatic heterocycles. The van der Waals surface area contributed by atoms with Gasteiger partial charge in [0.25, 0.3) is 0 Å². The van der Waals surface area contributed by atoms with Crippen LogP contribution < -0.4 is 10.6 Å². The van der Waals surface area contributed by atoms with Gasteiger partial charge in [-0.1, -0.05) is 19.9 Å². The minimum atomic E-state index is -0.136. The minimum absolute atomic E-state index is 0.136. The minimum Gasteiger partial charge on any atom is -0.396 e. The van der Waals surface area contributed by atoms with Crippen molar-refractivity contribution in [3.8, 4) is 0 Å². The molecule has 0 aliphatic rings. The van der Waals surface area contributed by atoms with E-state index < -0.39 is 0 Å². The molecule has 0 bridgehead atoms. The van der Waals surface area contributed by atoms with E-state index in [0.717, 1.165) is 0 Å². The van der Waals surface area contributed by atoms with Crippen LogP contribution in [-0.2, 0) is 0 Å². The molecule has 4 nitrogen and oxygen atoms in total.